The molecule has 0 saturated carbocycles. The van der Waals surface area contributed by atoms with Crippen LogP contribution in [0.5, 0.6) is 5.75 Å². The lowest BCUT2D eigenvalue weighted by Crippen LogP contribution is -2.35. The summed E-state index contributed by atoms with van der Waals surface area (Å²) in [7, 11) is 1.59. The third-order valence-corrected chi connectivity index (χ3v) is 4.55. The van der Waals surface area contributed by atoms with Crippen molar-refractivity contribution in [3.8, 4) is 5.75 Å². The van der Waals surface area contributed by atoms with Gasteiger partial charge in [0.05, 0.1) is 13.2 Å². The zero-order chi connectivity index (χ0) is 17.6. The maximum atomic E-state index is 12.6. The molecule has 1 amide bonds. The smallest absolute Gasteiger partial charge is 0.255 e. The van der Waals surface area contributed by atoms with Crippen LogP contribution in [0.15, 0.2) is 48.5 Å². The highest BCUT2D eigenvalue weighted by molar-refractivity contribution is 6.04. The van der Waals surface area contributed by atoms with E-state index in [0.717, 1.165) is 43.7 Å². The summed E-state index contributed by atoms with van der Waals surface area (Å²) >= 11 is 0. The highest BCUT2D eigenvalue weighted by atomic mass is 16.5. The molecule has 0 atom stereocenters. The summed E-state index contributed by atoms with van der Waals surface area (Å²) in [4.78, 5) is 14.9. The number of hydrogen-bond donors (Lipinski definition) is 2. The normalized spacial score (nSPS) is 15.8. The fourth-order valence-electron chi connectivity index (χ4n) is 3.06. The number of likely N-dealkylation sites (tertiary alicyclic amines) is 1. The Bertz CT molecular complexity index is 724. The van der Waals surface area contributed by atoms with Gasteiger partial charge in [-0.2, -0.15) is 0 Å². The summed E-state index contributed by atoms with van der Waals surface area (Å²) in [5, 5.41) is 12.6. The van der Waals surface area contributed by atoms with Crippen LogP contribution >= 0.6 is 0 Å². The standard InChI is InChI=1S/C20H24N2O3/c1-25-18-7-4-6-15(13-18)20(24)21-19-8-3-2-5-16(19)14-22-11-9-17(23)10-12-22/h2-8,13,17,23H,9-12,14H2,1H3,(H,21,24). The van der Waals surface area contributed by atoms with Crippen molar-refractivity contribution >= 4 is 11.6 Å². The summed E-state index contributed by atoms with van der Waals surface area (Å²) in [5.74, 6) is 0.508. The molecule has 0 spiro atoms. The third kappa shape index (κ3) is 4.59. The minimum atomic E-state index is -0.181. The summed E-state index contributed by atoms with van der Waals surface area (Å²) in [5.41, 5.74) is 2.46. The molecule has 0 aromatic heterocycles. The highest BCUT2D eigenvalue weighted by Gasteiger charge is 2.18. The number of nitrogens with zero attached hydrogens (tertiary/aromatic N) is 1. The molecule has 1 aliphatic rings. The Kier molecular flexibility index (Phi) is 5.68. The van der Waals surface area contributed by atoms with Crippen molar-refractivity contribution in [2.24, 2.45) is 0 Å². The predicted molar refractivity (Wildman–Crippen MR) is 97.9 cm³/mol. The van der Waals surface area contributed by atoms with Gasteiger partial charge in [-0.15, -0.1) is 0 Å². The molecular weight excluding hydrogens is 316 g/mol. The number of aliphatic hydroxyl groups is 1. The van der Waals surface area contributed by atoms with Crippen LogP contribution in [0.25, 0.3) is 0 Å². The molecule has 5 heteroatoms. The number of aliphatic hydroxyl groups excluding tert-OH is 1. The van der Waals surface area contributed by atoms with E-state index in [-0.39, 0.29) is 12.0 Å². The molecule has 5 nitrogen and oxygen atoms in total. The van der Waals surface area contributed by atoms with Crippen LogP contribution in [0, 0.1) is 0 Å². The molecular formula is C20H24N2O3. The van der Waals surface area contributed by atoms with Gasteiger partial charge in [-0.1, -0.05) is 24.3 Å². The van der Waals surface area contributed by atoms with E-state index in [1.165, 1.54) is 0 Å². The van der Waals surface area contributed by atoms with Gasteiger partial charge in [0, 0.05) is 30.9 Å². The number of amides is 1. The third-order valence-electron chi connectivity index (χ3n) is 4.55. The number of para-hydroxylation sites is 1. The lowest BCUT2D eigenvalue weighted by atomic mass is 10.1. The Labute approximate surface area is 148 Å². The molecule has 132 valence electrons. The molecule has 0 unspecified atom stereocenters. The first-order chi connectivity index (χ1) is 12.2. The molecule has 1 fully saturated rings. The van der Waals surface area contributed by atoms with E-state index in [9.17, 15) is 9.90 Å². The topological polar surface area (TPSA) is 61.8 Å². The van der Waals surface area contributed by atoms with E-state index in [0.29, 0.717) is 11.3 Å². The molecule has 2 N–H and O–H groups in total. The quantitative estimate of drug-likeness (QED) is 0.879. The number of anilines is 1. The zero-order valence-corrected chi connectivity index (χ0v) is 14.4. The molecule has 1 heterocycles. The van der Waals surface area contributed by atoms with E-state index in [2.05, 4.69) is 10.2 Å². The van der Waals surface area contributed by atoms with Crippen molar-refractivity contribution in [2.45, 2.75) is 25.5 Å². The summed E-state index contributed by atoms with van der Waals surface area (Å²) in [6.45, 7) is 2.51. The number of methoxy groups -OCH3 is 1. The maximum Gasteiger partial charge on any atom is 0.255 e. The molecule has 0 radical (unpaired) electrons. The average molecular weight is 340 g/mol. The van der Waals surface area contributed by atoms with Gasteiger partial charge in [0.15, 0.2) is 0 Å². The number of nitrogens with one attached hydrogen (secondary N) is 1. The van der Waals surface area contributed by atoms with Crippen LogP contribution in [0.2, 0.25) is 0 Å². The fraction of sp³-hybridized carbons (Fsp3) is 0.350. The van der Waals surface area contributed by atoms with Crippen molar-refractivity contribution in [1.82, 2.24) is 4.90 Å². The second kappa shape index (κ2) is 8.14. The Hall–Kier alpha value is -2.37. The Balaban J connectivity index is 1.71. The van der Waals surface area contributed by atoms with E-state index < -0.39 is 0 Å². The minimum Gasteiger partial charge on any atom is -0.497 e. The van der Waals surface area contributed by atoms with Crippen LogP contribution in [-0.2, 0) is 6.54 Å². The van der Waals surface area contributed by atoms with Gasteiger partial charge >= 0.3 is 0 Å². The maximum absolute atomic E-state index is 12.6. The van der Waals surface area contributed by atoms with Crippen molar-refractivity contribution < 1.29 is 14.6 Å². The summed E-state index contributed by atoms with van der Waals surface area (Å²) in [6.07, 6.45) is 1.43. The van der Waals surface area contributed by atoms with E-state index in [1.807, 2.05) is 30.3 Å². The van der Waals surface area contributed by atoms with Gasteiger partial charge in [0.1, 0.15) is 5.75 Å². The number of carbonyl (C=O) groups excluding carboxylic acids is 1. The van der Waals surface area contributed by atoms with Crippen molar-refractivity contribution in [3.63, 3.8) is 0 Å². The Morgan fingerprint density at radius 3 is 2.72 bits per heavy atom. The van der Waals surface area contributed by atoms with Crippen molar-refractivity contribution in [2.75, 3.05) is 25.5 Å². The zero-order valence-electron chi connectivity index (χ0n) is 14.4. The van der Waals surface area contributed by atoms with Gasteiger partial charge in [-0.3, -0.25) is 9.69 Å². The van der Waals surface area contributed by atoms with Crippen LogP contribution in [0.4, 0.5) is 5.69 Å². The molecule has 0 bridgehead atoms. The number of carbonyl (C=O) groups is 1. The van der Waals surface area contributed by atoms with Gasteiger partial charge in [0.25, 0.3) is 5.91 Å². The number of benzene rings is 2. The first-order valence-electron chi connectivity index (χ1n) is 8.59. The molecule has 2 aromatic rings. The number of rotatable bonds is 5. The van der Waals surface area contributed by atoms with Gasteiger partial charge in [-0.05, 0) is 42.7 Å². The summed E-state index contributed by atoms with van der Waals surface area (Å²) < 4.78 is 5.18. The number of piperidine rings is 1. The van der Waals surface area contributed by atoms with E-state index in [1.54, 1.807) is 25.3 Å². The Morgan fingerprint density at radius 1 is 1.20 bits per heavy atom. The van der Waals surface area contributed by atoms with E-state index in [4.69, 9.17) is 4.74 Å². The molecule has 0 aliphatic carbocycles. The second-order valence-corrected chi connectivity index (χ2v) is 6.35. The monoisotopic (exact) mass is 340 g/mol. The Morgan fingerprint density at radius 2 is 1.96 bits per heavy atom. The highest BCUT2D eigenvalue weighted by Crippen LogP contribution is 2.21. The lowest BCUT2D eigenvalue weighted by molar-refractivity contribution is 0.0793. The molecule has 1 saturated heterocycles. The second-order valence-electron chi connectivity index (χ2n) is 6.35. The fourth-order valence-corrected chi connectivity index (χ4v) is 3.06. The van der Waals surface area contributed by atoms with Gasteiger partial charge < -0.3 is 15.2 Å². The molecule has 1 aliphatic heterocycles. The minimum absolute atomic E-state index is 0.152. The van der Waals surface area contributed by atoms with Crippen molar-refractivity contribution in [3.05, 3.63) is 59.7 Å². The first-order valence-corrected chi connectivity index (χ1v) is 8.59. The number of ether oxygens (including phenoxy) is 1. The summed E-state index contributed by atoms with van der Waals surface area (Å²) in [6, 6.07) is 15.0. The largest absolute Gasteiger partial charge is 0.497 e. The van der Waals surface area contributed by atoms with Gasteiger partial charge in [0.2, 0.25) is 0 Å². The van der Waals surface area contributed by atoms with Crippen molar-refractivity contribution in [1.29, 1.82) is 0 Å². The lowest BCUT2D eigenvalue weighted by Gasteiger charge is -2.30. The van der Waals surface area contributed by atoms with Crippen LogP contribution in [0.1, 0.15) is 28.8 Å². The van der Waals surface area contributed by atoms with E-state index >= 15 is 0 Å². The molecule has 3 rings (SSSR count). The SMILES string of the molecule is COc1cccc(C(=O)Nc2ccccc2CN2CCC(O)CC2)c1. The number of hydrogen-bond acceptors (Lipinski definition) is 4. The first kappa shape index (κ1) is 17.5. The van der Waals surface area contributed by atoms with Crippen LogP contribution in [-0.4, -0.2) is 42.2 Å². The molecule has 2 aromatic carbocycles. The van der Waals surface area contributed by atoms with Crippen LogP contribution in [0.3, 0.4) is 0 Å². The van der Waals surface area contributed by atoms with Gasteiger partial charge in [-0.25, -0.2) is 0 Å². The average Bonchev–Trinajstić information content (AvgIpc) is 2.65. The predicted octanol–water partition coefficient (Wildman–Crippen LogP) is 2.90. The van der Waals surface area contributed by atoms with Crippen LogP contribution < -0.4 is 10.1 Å². The molecule has 25 heavy (non-hydrogen) atoms.